The first-order valence-corrected chi connectivity index (χ1v) is 5.74. The summed E-state index contributed by atoms with van der Waals surface area (Å²) in [6.07, 6.45) is 3.56. The van der Waals surface area contributed by atoms with Crippen LogP contribution in [0.25, 0.3) is 0 Å². The molecule has 3 nitrogen and oxygen atoms in total. The SMILES string of the molecule is c1csc(NSc2nccs2)n1. The minimum absolute atomic E-state index is 0.912. The Morgan fingerprint density at radius 2 is 2.00 bits per heavy atom. The number of rotatable bonds is 3. The fourth-order valence-electron chi connectivity index (χ4n) is 0.622. The summed E-state index contributed by atoms with van der Waals surface area (Å²) in [7, 11) is 0. The van der Waals surface area contributed by atoms with E-state index in [9.17, 15) is 0 Å². The van der Waals surface area contributed by atoms with Crippen molar-refractivity contribution in [3.63, 3.8) is 0 Å². The first-order chi connectivity index (χ1) is 5.95. The number of nitrogens with one attached hydrogen (secondary N) is 1. The van der Waals surface area contributed by atoms with Crippen LogP contribution in [0.15, 0.2) is 27.5 Å². The molecule has 2 aromatic heterocycles. The van der Waals surface area contributed by atoms with Gasteiger partial charge in [0, 0.05) is 35.1 Å². The van der Waals surface area contributed by atoms with Crippen molar-refractivity contribution in [1.82, 2.24) is 9.97 Å². The Kier molecular flexibility index (Phi) is 2.60. The number of aromatic nitrogens is 2. The summed E-state index contributed by atoms with van der Waals surface area (Å²) in [6.45, 7) is 0. The van der Waals surface area contributed by atoms with Gasteiger partial charge in [-0.2, -0.15) is 0 Å². The third kappa shape index (κ3) is 1.96. The van der Waals surface area contributed by atoms with E-state index < -0.39 is 0 Å². The van der Waals surface area contributed by atoms with Crippen LogP contribution in [0.1, 0.15) is 0 Å². The van der Waals surface area contributed by atoms with Crippen LogP contribution >= 0.6 is 34.6 Å². The lowest BCUT2D eigenvalue weighted by atomic mass is 11.0. The van der Waals surface area contributed by atoms with Gasteiger partial charge in [0.1, 0.15) is 0 Å². The third-order valence-corrected chi connectivity index (χ3v) is 3.56. The van der Waals surface area contributed by atoms with Gasteiger partial charge in [-0.1, -0.05) is 0 Å². The molecular weight excluding hydrogens is 210 g/mol. The Morgan fingerprint density at radius 1 is 1.17 bits per heavy atom. The van der Waals surface area contributed by atoms with Crippen molar-refractivity contribution in [1.29, 1.82) is 0 Å². The predicted molar refractivity (Wildman–Crippen MR) is 53.7 cm³/mol. The topological polar surface area (TPSA) is 37.8 Å². The smallest absolute Gasteiger partial charge is 0.193 e. The molecule has 0 radical (unpaired) electrons. The highest BCUT2D eigenvalue weighted by Crippen LogP contribution is 2.23. The zero-order valence-corrected chi connectivity index (χ0v) is 8.38. The Balaban J connectivity index is 1.91. The zero-order chi connectivity index (χ0) is 8.23. The summed E-state index contributed by atoms with van der Waals surface area (Å²) in [4.78, 5) is 8.19. The number of hydrogen-bond acceptors (Lipinski definition) is 6. The van der Waals surface area contributed by atoms with E-state index in [-0.39, 0.29) is 0 Å². The van der Waals surface area contributed by atoms with Crippen LogP contribution in [0.2, 0.25) is 0 Å². The van der Waals surface area contributed by atoms with Gasteiger partial charge in [-0.05, 0) is 0 Å². The van der Waals surface area contributed by atoms with E-state index in [0.717, 1.165) is 9.47 Å². The molecule has 0 bridgehead atoms. The second-order valence-corrected chi connectivity index (χ2v) is 4.68. The number of thiazole rings is 2. The van der Waals surface area contributed by atoms with E-state index in [4.69, 9.17) is 0 Å². The van der Waals surface area contributed by atoms with E-state index in [1.165, 1.54) is 11.9 Å². The molecular formula is C6H5N3S3. The fourth-order valence-corrected chi connectivity index (χ4v) is 2.50. The van der Waals surface area contributed by atoms with Gasteiger partial charge in [0.25, 0.3) is 0 Å². The van der Waals surface area contributed by atoms with Crippen molar-refractivity contribution in [2.45, 2.75) is 4.34 Å². The van der Waals surface area contributed by atoms with Crippen molar-refractivity contribution in [3.05, 3.63) is 23.2 Å². The second-order valence-electron chi connectivity index (χ2n) is 1.84. The maximum Gasteiger partial charge on any atom is 0.193 e. The van der Waals surface area contributed by atoms with Crippen molar-refractivity contribution in [2.75, 3.05) is 4.72 Å². The number of nitrogens with zero attached hydrogens (tertiary/aromatic N) is 2. The van der Waals surface area contributed by atoms with Crippen LogP contribution in [-0.4, -0.2) is 9.97 Å². The Labute approximate surface area is 82.0 Å². The summed E-state index contributed by atoms with van der Waals surface area (Å²) in [5, 5.41) is 4.80. The molecule has 2 heterocycles. The summed E-state index contributed by atoms with van der Waals surface area (Å²) >= 11 is 4.68. The lowest BCUT2D eigenvalue weighted by molar-refractivity contribution is 1.25. The van der Waals surface area contributed by atoms with E-state index >= 15 is 0 Å². The average molecular weight is 215 g/mol. The summed E-state index contributed by atoms with van der Waals surface area (Å²) in [5.41, 5.74) is 0. The zero-order valence-electron chi connectivity index (χ0n) is 5.93. The van der Waals surface area contributed by atoms with E-state index in [2.05, 4.69) is 14.7 Å². The lowest BCUT2D eigenvalue weighted by Gasteiger charge is -1.95. The molecule has 62 valence electrons. The molecule has 6 heteroatoms. The molecule has 0 fully saturated rings. The van der Waals surface area contributed by atoms with Crippen LogP contribution in [0, 0.1) is 0 Å². The minimum atomic E-state index is 0.912. The predicted octanol–water partition coefficient (Wildman–Crippen LogP) is 2.72. The van der Waals surface area contributed by atoms with E-state index in [1.54, 1.807) is 35.1 Å². The van der Waals surface area contributed by atoms with Crippen LogP contribution in [-0.2, 0) is 0 Å². The third-order valence-electron chi connectivity index (χ3n) is 1.07. The maximum atomic E-state index is 4.11. The van der Waals surface area contributed by atoms with Crippen molar-refractivity contribution in [3.8, 4) is 0 Å². The van der Waals surface area contributed by atoms with Gasteiger partial charge in [0.15, 0.2) is 9.47 Å². The van der Waals surface area contributed by atoms with Crippen LogP contribution in [0.5, 0.6) is 0 Å². The highest BCUT2D eigenvalue weighted by molar-refractivity contribution is 8.02. The average Bonchev–Trinajstić information content (AvgIpc) is 2.74. The molecule has 0 aromatic carbocycles. The molecule has 0 saturated carbocycles. The Hall–Kier alpha value is -0.590. The molecule has 0 saturated heterocycles. The molecule has 2 aromatic rings. The molecule has 0 unspecified atom stereocenters. The Bertz CT molecular complexity index is 281. The van der Waals surface area contributed by atoms with E-state index in [0.29, 0.717) is 0 Å². The molecule has 0 aliphatic heterocycles. The standard InChI is InChI=1S/C6H5N3S3/c1-3-10-5(7-1)9-12-6-8-2-4-11-6/h1-4H,(H,7,9). The molecule has 12 heavy (non-hydrogen) atoms. The van der Waals surface area contributed by atoms with Crippen molar-refractivity contribution in [2.24, 2.45) is 0 Å². The maximum absolute atomic E-state index is 4.11. The molecule has 0 atom stereocenters. The first kappa shape index (κ1) is 8.03. The highest BCUT2D eigenvalue weighted by Gasteiger charge is 1.97. The first-order valence-electron chi connectivity index (χ1n) is 3.17. The molecule has 2 rings (SSSR count). The van der Waals surface area contributed by atoms with Crippen LogP contribution in [0.3, 0.4) is 0 Å². The van der Waals surface area contributed by atoms with Crippen molar-refractivity contribution < 1.29 is 0 Å². The van der Waals surface area contributed by atoms with Gasteiger partial charge in [0.2, 0.25) is 0 Å². The highest BCUT2D eigenvalue weighted by atomic mass is 32.2. The molecule has 0 aliphatic carbocycles. The van der Waals surface area contributed by atoms with Gasteiger partial charge >= 0.3 is 0 Å². The molecule has 1 N–H and O–H groups in total. The summed E-state index contributed by atoms with van der Waals surface area (Å²) < 4.78 is 4.10. The van der Waals surface area contributed by atoms with Gasteiger partial charge < -0.3 is 0 Å². The largest absolute Gasteiger partial charge is 0.300 e. The number of anilines is 1. The van der Waals surface area contributed by atoms with Crippen LogP contribution in [0.4, 0.5) is 5.13 Å². The lowest BCUT2D eigenvalue weighted by Crippen LogP contribution is -1.83. The van der Waals surface area contributed by atoms with Crippen LogP contribution < -0.4 is 4.72 Å². The summed E-state index contributed by atoms with van der Waals surface area (Å²) in [5.74, 6) is 0. The monoisotopic (exact) mass is 215 g/mol. The number of hydrogen-bond donors (Lipinski definition) is 1. The van der Waals surface area contributed by atoms with Gasteiger partial charge in [-0.25, -0.2) is 9.97 Å². The van der Waals surface area contributed by atoms with Crippen molar-refractivity contribution >= 4 is 39.8 Å². The molecule has 0 amide bonds. The minimum Gasteiger partial charge on any atom is -0.300 e. The van der Waals surface area contributed by atoms with E-state index in [1.807, 2.05) is 10.8 Å². The Morgan fingerprint density at radius 3 is 2.67 bits per heavy atom. The second kappa shape index (κ2) is 3.88. The quantitative estimate of drug-likeness (QED) is 0.799. The fraction of sp³-hybridized carbons (Fsp3) is 0. The van der Waals surface area contributed by atoms with Gasteiger partial charge in [0.05, 0.1) is 0 Å². The molecule has 0 spiro atoms. The molecule has 0 aliphatic rings. The normalized spacial score (nSPS) is 10.0. The van der Waals surface area contributed by atoms with Gasteiger partial charge in [-0.3, -0.25) is 4.72 Å². The van der Waals surface area contributed by atoms with Gasteiger partial charge in [-0.15, -0.1) is 22.7 Å². The summed E-state index contributed by atoms with van der Waals surface area (Å²) in [6, 6.07) is 0.